The van der Waals surface area contributed by atoms with Crippen molar-refractivity contribution in [2.75, 3.05) is 13.1 Å². The molecule has 1 atom stereocenters. The second-order valence-corrected chi connectivity index (χ2v) is 4.01. The Bertz CT molecular complexity index is 213. The molecule has 3 nitrogen and oxygen atoms in total. The Kier molecular flexibility index (Phi) is 4.14. The molecule has 1 aliphatic heterocycles. The summed E-state index contributed by atoms with van der Waals surface area (Å²) in [5.74, 6) is 0.337. The van der Waals surface area contributed by atoms with Crippen molar-refractivity contribution in [3.63, 3.8) is 0 Å². The van der Waals surface area contributed by atoms with Gasteiger partial charge in [-0.1, -0.05) is 6.58 Å². The molecule has 0 amide bonds. The van der Waals surface area contributed by atoms with E-state index in [2.05, 4.69) is 25.7 Å². The Morgan fingerprint density at radius 3 is 2.93 bits per heavy atom. The van der Waals surface area contributed by atoms with E-state index >= 15 is 0 Å². The van der Waals surface area contributed by atoms with Crippen LogP contribution in [0.1, 0.15) is 26.7 Å². The molecule has 14 heavy (non-hydrogen) atoms. The molecule has 0 saturated carbocycles. The molecule has 3 heteroatoms. The molecule has 1 heterocycles. The van der Waals surface area contributed by atoms with Crippen LogP contribution >= 0.6 is 0 Å². The molecule has 1 aliphatic rings. The van der Waals surface area contributed by atoms with Gasteiger partial charge in [-0.25, -0.2) is 0 Å². The highest BCUT2D eigenvalue weighted by atomic mass is 16.1. The van der Waals surface area contributed by atoms with Crippen LogP contribution in [0.2, 0.25) is 0 Å². The highest BCUT2D eigenvalue weighted by molar-refractivity contribution is 5.84. The van der Waals surface area contributed by atoms with Gasteiger partial charge >= 0.3 is 0 Å². The van der Waals surface area contributed by atoms with Gasteiger partial charge in [0.1, 0.15) is 0 Å². The van der Waals surface area contributed by atoms with Gasteiger partial charge in [0.2, 0.25) is 0 Å². The number of ketones is 1. The highest BCUT2D eigenvalue weighted by Crippen LogP contribution is 2.11. The lowest BCUT2D eigenvalue weighted by Gasteiger charge is -2.32. The van der Waals surface area contributed by atoms with E-state index in [1.165, 1.54) is 0 Å². The fourth-order valence-corrected chi connectivity index (χ4v) is 1.88. The smallest absolute Gasteiger partial charge is 0.156 e. The second-order valence-electron chi connectivity index (χ2n) is 4.01. The van der Waals surface area contributed by atoms with Gasteiger partial charge in [-0.15, -0.1) is 0 Å². The molecule has 1 N–H and O–H groups in total. The van der Waals surface area contributed by atoms with Gasteiger partial charge in [-0.05, 0) is 33.0 Å². The Balaban J connectivity index is 2.70. The summed E-state index contributed by atoms with van der Waals surface area (Å²) < 4.78 is 0. The first-order chi connectivity index (χ1) is 6.66. The summed E-state index contributed by atoms with van der Waals surface area (Å²) >= 11 is 0. The van der Waals surface area contributed by atoms with Gasteiger partial charge in [0, 0.05) is 19.0 Å². The largest absolute Gasteiger partial charge is 0.364 e. The number of rotatable bonds is 3. The number of nitrogens with zero attached hydrogens (tertiary/aromatic N) is 1. The molecule has 0 aromatic heterocycles. The van der Waals surface area contributed by atoms with Gasteiger partial charge < -0.3 is 10.2 Å². The standard InChI is InChI=1S/C11H20N2O/c1-4-13(9(2)3)10-8-12-7-5-6-11(10)14/h4,9-10,12H,1,5-8H2,2-3H3. The molecule has 0 bridgehead atoms. The number of Topliss-reactive ketones (excluding diaryl/α,β-unsaturated/α-hetero) is 1. The second kappa shape index (κ2) is 5.15. The predicted octanol–water partition coefficient (Wildman–Crippen LogP) is 1.16. The van der Waals surface area contributed by atoms with Crippen molar-refractivity contribution in [1.29, 1.82) is 0 Å². The Morgan fingerprint density at radius 1 is 1.64 bits per heavy atom. The van der Waals surface area contributed by atoms with Crippen LogP contribution in [0.25, 0.3) is 0 Å². The summed E-state index contributed by atoms with van der Waals surface area (Å²) in [5, 5.41) is 3.29. The lowest BCUT2D eigenvalue weighted by atomic mass is 10.1. The minimum Gasteiger partial charge on any atom is -0.364 e. The van der Waals surface area contributed by atoms with Gasteiger partial charge in [-0.3, -0.25) is 4.79 Å². The number of hydrogen-bond acceptors (Lipinski definition) is 3. The average molecular weight is 196 g/mol. The molecule has 0 radical (unpaired) electrons. The molecule has 0 aromatic carbocycles. The third kappa shape index (κ3) is 2.58. The van der Waals surface area contributed by atoms with Gasteiger partial charge in [0.25, 0.3) is 0 Å². The summed E-state index contributed by atoms with van der Waals surface area (Å²) in [6.45, 7) is 9.64. The molecular formula is C11H20N2O. The molecule has 0 spiro atoms. The Hall–Kier alpha value is -0.830. The molecule has 1 rings (SSSR count). The quantitative estimate of drug-likeness (QED) is 0.735. The maximum Gasteiger partial charge on any atom is 0.156 e. The van der Waals surface area contributed by atoms with Crippen LogP contribution in [0.4, 0.5) is 0 Å². The number of carbonyl (C=O) groups is 1. The van der Waals surface area contributed by atoms with Crippen molar-refractivity contribution in [2.24, 2.45) is 0 Å². The molecule has 1 saturated heterocycles. The zero-order valence-electron chi connectivity index (χ0n) is 9.12. The topological polar surface area (TPSA) is 32.3 Å². The van der Waals surface area contributed by atoms with Crippen molar-refractivity contribution in [3.8, 4) is 0 Å². The van der Waals surface area contributed by atoms with Crippen LogP contribution < -0.4 is 5.32 Å². The SMILES string of the molecule is C=CN(C(C)C)C1CNCCCC1=O. The first-order valence-corrected chi connectivity index (χ1v) is 5.30. The van der Waals surface area contributed by atoms with Crippen molar-refractivity contribution < 1.29 is 4.79 Å². The van der Waals surface area contributed by atoms with E-state index in [4.69, 9.17) is 0 Å². The molecule has 0 aromatic rings. The first kappa shape index (κ1) is 11.2. The lowest BCUT2D eigenvalue weighted by Crippen LogP contribution is -2.46. The summed E-state index contributed by atoms with van der Waals surface area (Å²) in [6, 6.07) is 0.316. The van der Waals surface area contributed by atoms with Gasteiger partial charge in [0.15, 0.2) is 5.78 Å². The fourth-order valence-electron chi connectivity index (χ4n) is 1.88. The maximum atomic E-state index is 11.8. The minimum absolute atomic E-state index is 0.0185. The zero-order valence-corrected chi connectivity index (χ0v) is 9.12. The van der Waals surface area contributed by atoms with E-state index in [-0.39, 0.29) is 6.04 Å². The van der Waals surface area contributed by atoms with Crippen LogP contribution in [0.3, 0.4) is 0 Å². The third-order valence-corrected chi connectivity index (χ3v) is 2.65. The zero-order chi connectivity index (χ0) is 10.6. The van der Waals surface area contributed by atoms with Gasteiger partial charge in [-0.2, -0.15) is 0 Å². The van der Waals surface area contributed by atoms with E-state index in [0.29, 0.717) is 18.2 Å². The summed E-state index contributed by atoms with van der Waals surface area (Å²) in [5.41, 5.74) is 0. The number of carbonyl (C=O) groups excluding carboxylic acids is 1. The third-order valence-electron chi connectivity index (χ3n) is 2.65. The van der Waals surface area contributed by atoms with E-state index < -0.39 is 0 Å². The molecule has 1 fully saturated rings. The highest BCUT2D eigenvalue weighted by Gasteiger charge is 2.25. The van der Waals surface area contributed by atoms with E-state index in [1.54, 1.807) is 6.20 Å². The number of hydrogen-bond donors (Lipinski definition) is 1. The Morgan fingerprint density at radius 2 is 2.36 bits per heavy atom. The first-order valence-electron chi connectivity index (χ1n) is 5.30. The normalized spacial score (nSPS) is 23.4. The fraction of sp³-hybridized carbons (Fsp3) is 0.727. The minimum atomic E-state index is -0.0185. The summed E-state index contributed by atoms with van der Waals surface area (Å²) in [7, 11) is 0. The van der Waals surface area contributed by atoms with Crippen molar-refractivity contribution in [1.82, 2.24) is 10.2 Å². The van der Waals surface area contributed by atoms with Crippen molar-refractivity contribution in [2.45, 2.75) is 38.8 Å². The molecular weight excluding hydrogens is 176 g/mol. The van der Waals surface area contributed by atoms with Crippen molar-refractivity contribution >= 4 is 5.78 Å². The maximum absolute atomic E-state index is 11.8. The molecule has 0 aliphatic carbocycles. The van der Waals surface area contributed by atoms with Crippen molar-refractivity contribution in [3.05, 3.63) is 12.8 Å². The lowest BCUT2D eigenvalue weighted by molar-refractivity contribution is -0.123. The molecule has 80 valence electrons. The van der Waals surface area contributed by atoms with E-state index in [1.807, 2.05) is 4.90 Å². The predicted molar refractivity (Wildman–Crippen MR) is 58.1 cm³/mol. The van der Waals surface area contributed by atoms with Crippen LogP contribution in [-0.4, -0.2) is 35.9 Å². The summed E-state index contributed by atoms with van der Waals surface area (Å²) in [6.07, 6.45) is 3.42. The monoisotopic (exact) mass is 196 g/mol. The van der Waals surface area contributed by atoms with Crippen LogP contribution in [0.5, 0.6) is 0 Å². The van der Waals surface area contributed by atoms with E-state index in [9.17, 15) is 4.79 Å². The average Bonchev–Trinajstić information content (AvgIpc) is 2.33. The van der Waals surface area contributed by atoms with Crippen LogP contribution in [0.15, 0.2) is 12.8 Å². The van der Waals surface area contributed by atoms with Gasteiger partial charge in [0.05, 0.1) is 6.04 Å². The molecule has 1 unspecified atom stereocenters. The van der Waals surface area contributed by atoms with Crippen LogP contribution in [0, 0.1) is 0 Å². The summed E-state index contributed by atoms with van der Waals surface area (Å²) in [4.78, 5) is 13.8. The van der Waals surface area contributed by atoms with Crippen LogP contribution in [-0.2, 0) is 4.79 Å². The Labute approximate surface area is 86.2 Å². The van der Waals surface area contributed by atoms with E-state index in [0.717, 1.165) is 19.5 Å². The number of nitrogens with one attached hydrogen (secondary N) is 1.